The molecular formula is C23H23ClN4O2. The summed E-state index contributed by atoms with van der Waals surface area (Å²) in [5.74, 6) is 0.844. The number of nitrogens with zero attached hydrogens (tertiary/aromatic N) is 4. The van der Waals surface area contributed by atoms with E-state index in [2.05, 4.69) is 15.0 Å². The number of hydrogen-bond acceptors (Lipinski definition) is 5. The van der Waals surface area contributed by atoms with Gasteiger partial charge in [-0.15, -0.1) is 0 Å². The average molecular weight is 423 g/mol. The predicted octanol–water partition coefficient (Wildman–Crippen LogP) is 3.77. The van der Waals surface area contributed by atoms with Crippen molar-refractivity contribution in [2.24, 2.45) is 0 Å². The van der Waals surface area contributed by atoms with E-state index in [9.17, 15) is 4.79 Å². The first kappa shape index (κ1) is 19.3. The van der Waals surface area contributed by atoms with Gasteiger partial charge in [0.1, 0.15) is 0 Å². The highest BCUT2D eigenvalue weighted by Crippen LogP contribution is 2.50. The second kappa shape index (κ2) is 7.85. The molecule has 0 radical (unpaired) electrons. The molecule has 5 rings (SSSR count). The number of hydrogen-bond donors (Lipinski definition) is 0. The van der Waals surface area contributed by atoms with Crippen LogP contribution in [0.4, 0.5) is 0 Å². The Morgan fingerprint density at radius 2 is 1.83 bits per heavy atom. The molecule has 7 heteroatoms. The van der Waals surface area contributed by atoms with Crippen LogP contribution in [0.25, 0.3) is 11.3 Å². The lowest BCUT2D eigenvalue weighted by Crippen LogP contribution is -2.51. The minimum absolute atomic E-state index is 0.177. The highest BCUT2D eigenvalue weighted by molar-refractivity contribution is 6.30. The number of benzene rings is 1. The quantitative estimate of drug-likeness (QED) is 0.626. The van der Waals surface area contributed by atoms with Crippen molar-refractivity contribution in [1.82, 2.24) is 19.9 Å². The molecule has 1 aliphatic heterocycles. The van der Waals surface area contributed by atoms with Crippen LogP contribution in [0.3, 0.4) is 0 Å². The lowest BCUT2D eigenvalue weighted by molar-refractivity contribution is -0.136. The molecule has 6 nitrogen and oxygen atoms in total. The van der Waals surface area contributed by atoms with E-state index in [1.165, 1.54) is 0 Å². The van der Waals surface area contributed by atoms with Gasteiger partial charge in [0.05, 0.1) is 16.8 Å². The molecule has 0 N–H and O–H groups in total. The molecule has 1 saturated heterocycles. The number of piperazine rings is 1. The number of carbonyl (C=O) groups excluding carboxylic acids is 1. The molecule has 1 aromatic carbocycles. The Balaban J connectivity index is 1.24. The van der Waals surface area contributed by atoms with Crippen LogP contribution in [0.5, 0.6) is 0 Å². The summed E-state index contributed by atoms with van der Waals surface area (Å²) in [5.41, 5.74) is 2.20. The first-order chi connectivity index (χ1) is 14.6. The molecule has 0 bridgehead atoms. The Morgan fingerprint density at radius 1 is 1.07 bits per heavy atom. The summed E-state index contributed by atoms with van der Waals surface area (Å²) >= 11 is 5.97. The molecule has 0 spiro atoms. The van der Waals surface area contributed by atoms with Gasteiger partial charge in [-0.3, -0.25) is 14.7 Å². The lowest BCUT2D eigenvalue weighted by Gasteiger charge is -2.36. The largest absolute Gasteiger partial charge is 0.356 e. The molecular weight excluding hydrogens is 400 g/mol. The van der Waals surface area contributed by atoms with Crippen LogP contribution < -0.4 is 0 Å². The van der Waals surface area contributed by atoms with E-state index < -0.39 is 5.41 Å². The third-order valence-corrected chi connectivity index (χ3v) is 6.31. The van der Waals surface area contributed by atoms with E-state index in [-0.39, 0.29) is 5.91 Å². The van der Waals surface area contributed by atoms with E-state index in [0.29, 0.717) is 10.8 Å². The summed E-state index contributed by atoms with van der Waals surface area (Å²) in [6.45, 7) is 3.99. The molecule has 1 saturated carbocycles. The number of aromatic nitrogens is 2. The SMILES string of the molecule is O=C(N1CCN(Cc2ccccn2)CC1)C1(c2cc(-c3ccc(Cl)cc3)on2)CC1. The maximum Gasteiger partial charge on any atom is 0.235 e. The van der Waals surface area contributed by atoms with Crippen LogP contribution in [0.2, 0.25) is 5.02 Å². The summed E-state index contributed by atoms with van der Waals surface area (Å²) < 4.78 is 5.56. The van der Waals surface area contributed by atoms with Crippen LogP contribution in [0.15, 0.2) is 59.3 Å². The van der Waals surface area contributed by atoms with E-state index in [1.54, 1.807) is 0 Å². The fourth-order valence-electron chi connectivity index (χ4n) is 4.09. The standard InChI is InChI=1S/C23H23ClN4O2/c24-18-6-4-17(5-7-18)20-15-21(26-30-20)23(8-9-23)22(29)28-13-11-27(12-14-28)16-19-3-1-2-10-25-19/h1-7,10,15H,8-9,11-14,16H2. The molecule has 2 aliphatic rings. The fourth-order valence-corrected chi connectivity index (χ4v) is 4.21. The van der Waals surface area contributed by atoms with Gasteiger partial charge in [0.15, 0.2) is 5.76 Å². The van der Waals surface area contributed by atoms with Crippen molar-refractivity contribution in [1.29, 1.82) is 0 Å². The van der Waals surface area contributed by atoms with Gasteiger partial charge in [0.25, 0.3) is 0 Å². The molecule has 30 heavy (non-hydrogen) atoms. The highest BCUT2D eigenvalue weighted by Gasteiger charge is 2.55. The van der Waals surface area contributed by atoms with Crippen LogP contribution in [-0.2, 0) is 16.8 Å². The first-order valence-electron chi connectivity index (χ1n) is 10.3. The molecule has 0 unspecified atom stereocenters. The van der Waals surface area contributed by atoms with E-state index in [1.807, 2.05) is 59.6 Å². The van der Waals surface area contributed by atoms with Crippen molar-refractivity contribution in [3.8, 4) is 11.3 Å². The third kappa shape index (κ3) is 3.73. The normalized spacial score (nSPS) is 18.4. The van der Waals surface area contributed by atoms with Gasteiger partial charge >= 0.3 is 0 Å². The minimum atomic E-state index is -0.517. The maximum atomic E-state index is 13.3. The summed E-state index contributed by atoms with van der Waals surface area (Å²) in [6.07, 6.45) is 3.47. The van der Waals surface area contributed by atoms with Gasteiger partial charge in [0.2, 0.25) is 5.91 Å². The number of carbonyl (C=O) groups is 1. The van der Waals surface area contributed by atoms with E-state index in [4.69, 9.17) is 16.1 Å². The van der Waals surface area contributed by atoms with Crippen molar-refractivity contribution in [2.75, 3.05) is 26.2 Å². The smallest absolute Gasteiger partial charge is 0.235 e. The van der Waals surface area contributed by atoms with Gasteiger partial charge in [-0.2, -0.15) is 0 Å². The molecule has 0 atom stereocenters. The molecule has 1 amide bonds. The molecule has 2 fully saturated rings. The summed E-state index contributed by atoms with van der Waals surface area (Å²) in [6, 6.07) is 15.3. The van der Waals surface area contributed by atoms with Crippen molar-refractivity contribution < 1.29 is 9.32 Å². The summed E-state index contributed by atoms with van der Waals surface area (Å²) in [5, 5.41) is 4.94. The van der Waals surface area contributed by atoms with Crippen LogP contribution in [0, 0.1) is 0 Å². The second-order valence-corrected chi connectivity index (χ2v) is 8.49. The van der Waals surface area contributed by atoms with E-state index in [0.717, 1.165) is 62.5 Å². The lowest BCUT2D eigenvalue weighted by atomic mass is 9.99. The Labute approximate surface area is 180 Å². The summed E-state index contributed by atoms with van der Waals surface area (Å²) in [7, 11) is 0. The Bertz CT molecular complexity index is 1020. The number of rotatable bonds is 5. The molecule has 3 aromatic rings. The average Bonchev–Trinajstić information content (AvgIpc) is 3.44. The van der Waals surface area contributed by atoms with Crippen molar-refractivity contribution >= 4 is 17.5 Å². The van der Waals surface area contributed by atoms with Gasteiger partial charge in [-0.05, 0) is 49.2 Å². The Hall–Kier alpha value is -2.70. The fraction of sp³-hybridized carbons (Fsp3) is 0.348. The van der Waals surface area contributed by atoms with Crippen LogP contribution in [0.1, 0.15) is 24.2 Å². The first-order valence-corrected chi connectivity index (χ1v) is 10.7. The van der Waals surface area contributed by atoms with Crippen molar-refractivity contribution in [2.45, 2.75) is 24.8 Å². The van der Waals surface area contributed by atoms with Crippen LogP contribution >= 0.6 is 11.6 Å². The number of pyridine rings is 1. The monoisotopic (exact) mass is 422 g/mol. The van der Waals surface area contributed by atoms with E-state index >= 15 is 0 Å². The second-order valence-electron chi connectivity index (χ2n) is 8.05. The van der Waals surface area contributed by atoms with Crippen molar-refractivity contribution in [3.63, 3.8) is 0 Å². The molecule has 154 valence electrons. The Morgan fingerprint density at radius 3 is 2.50 bits per heavy atom. The third-order valence-electron chi connectivity index (χ3n) is 6.06. The van der Waals surface area contributed by atoms with Gasteiger partial charge in [0, 0.05) is 55.6 Å². The molecule has 1 aliphatic carbocycles. The zero-order valence-corrected chi connectivity index (χ0v) is 17.4. The zero-order valence-electron chi connectivity index (χ0n) is 16.6. The molecule has 3 heterocycles. The number of halogens is 1. The Kier molecular flexibility index (Phi) is 5.05. The maximum absolute atomic E-state index is 13.3. The highest BCUT2D eigenvalue weighted by atomic mass is 35.5. The summed E-state index contributed by atoms with van der Waals surface area (Å²) in [4.78, 5) is 22.1. The van der Waals surface area contributed by atoms with Gasteiger partial charge in [-0.25, -0.2) is 0 Å². The zero-order chi connectivity index (χ0) is 20.6. The minimum Gasteiger partial charge on any atom is -0.356 e. The topological polar surface area (TPSA) is 62.5 Å². The number of amides is 1. The van der Waals surface area contributed by atoms with Crippen LogP contribution in [-0.4, -0.2) is 52.0 Å². The van der Waals surface area contributed by atoms with Gasteiger partial charge < -0.3 is 9.42 Å². The van der Waals surface area contributed by atoms with Crippen molar-refractivity contribution in [3.05, 3.63) is 71.1 Å². The molecule has 2 aromatic heterocycles. The van der Waals surface area contributed by atoms with Gasteiger partial charge in [-0.1, -0.05) is 22.8 Å². The predicted molar refractivity (Wildman–Crippen MR) is 114 cm³/mol.